The van der Waals surface area contributed by atoms with E-state index in [9.17, 15) is 0 Å². The first-order valence-electron chi connectivity index (χ1n) is 4.33. The van der Waals surface area contributed by atoms with Crippen molar-refractivity contribution in [2.75, 3.05) is 19.6 Å². The van der Waals surface area contributed by atoms with Gasteiger partial charge in [0, 0.05) is 25.7 Å². The van der Waals surface area contributed by atoms with E-state index in [0.29, 0.717) is 6.04 Å². The molecule has 1 aliphatic heterocycles. The van der Waals surface area contributed by atoms with Gasteiger partial charge in [-0.3, -0.25) is 4.90 Å². The summed E-state index contributed by atoms with van der Waals surface area (Å²) in [6.45, 7) is 7.43. The fourth-order valence-electron chi connectivity index (χ4n) is 1.34. The quantitative estimate of drug-likeness (QED) is 0.601. The molecule has 1 aliphatic rings. The Morgan fingerprint density at radius 3 is 2.91 bits per heavy atom. The summed E-state index contributed by atoms with van der Waals surface area (Å²) in [4.78, 5) is 2.42. The monoisotopic (exact) mass is 154 g/mol. The van der Waals surface area contributed by atoms with E-state index in [1.807, 2.05) is 0 Å². The molecule has 0 aliphatic carbocycles. The molecule has 0 amide bonds. The Kier molecular flexibility index (Phi) is 3.09. The van der Waals surface area contributed by atoms with Crippen LogP contribution in [-0.4, -0.2) is 30.6 Å². The van der Waals surface area contributed by atoms with Gasteiger partial charge in [-0.2, -0.15) is 0 Å². The minimum absolute atomic E-state index is 0.541. The first-order chi connectivity index (χ1) is 5.24. The predicted molar refractivity (Wildman–Crippen MR) is 48.5 cm³/mol. The molecule has 1 heterocycles. The van der Waals surface area contributed by atoms with Crippen LogP contribution in [0.5, 0.6) is 0 Å². The molecular formula is C9H18N2. The topological polar surface area (TPSA) is 29.3 Å². The van der Waals surface area contributed by atoms with E-state index in [-0.39, 0.29) is 0 Å². The number of hydrogen-bond donors (Lipinski definition) is 1. The van der Waals surface area contributed by atoms with Gasteiger partial charge in [0.2, 0.25) is 0 Å². The number of nitrogens with two attached hydrogens (primary N) is 1. The summed E-state index contributed by atoms with van der Waals surface area (Å²) in [6.07, 6.45) is 3.51. The Bertz CT molecular complexity index is 152. The zero-order valence-corrected chi connectivity index (χ0v) is 7.51. The van der Waals surface area contributed by atoms with Crippen LogP contribution in [0.1, 0.15) is 20.3 Å². The summed E-state index contributed by atoms with van der Waals surface area (Å²) in [5, 5.41) is 0. The SMILES string of the molecule is CC1=CCN(C(C)CN)CC1. The Morgan fingerprint density at radius 2 is 2.45 bits per heavy atom. The van der Waals surface area contributed by atoms with Crippen LogP contribution < -0.4 is 5.73 Å². The smallest absolute Gasteiger partial charge is 0.0193 e. The van der Waals surface area contributed by atoms with Gasteiger partial charge in [-0.25, -0.2) is 0 Å². The van der Waals surface area contributed by atoms with Gasteiger partial charge in [0.1, 0.15) is 0 Å². The summed E-state index contributed by atoms with van der Waals surface area (Å²) in [5.74, 6) is 0. The molecule has 1 atom stereocenters. The predicted octanol–water partition coefficient (Wildman–Crippen LogP) is 0.986. The normalized spacial score (nSPS) is 23.0. The van der Waals surface area contributed by atoms with Gasteiger partial charge in [0.05, 0.1) is 0 Å². The summed E-state index contributed by atoms with van der Waals surface area (Å²) in [7, 11) is 0. The van der Waals surface area contributed by atoms with Crippen molar-refractivity contribution in [2.45, 2.75) is 26.3 Å². The van der Waals surface area contributed by atoms with Crippen LogP contribution in [0.15, 0.2) is 11.6 Å². The minimum atomic E-state index is 0.541. The van der Waals surface area contributed by atoms with Crippen molar-refractivity contribution in [3.8, 4) is 0 Å². The molecule has 0 spiro atoms. The highest BCUT2D eigenvalue weighted by atomic mass is 15.2. The van der Waals surface area contributed by atoms with Crippen LogP contribution in [-0.2, 0) is 0 Å². The summed E-state index contributed by atoms with van der Waals surface area (Å²) in [5.41, 5.74) is 7.09. The zero-order chi connectivity index (χ0) is 8.27. The maximum Gasteiger partial charge on any atom is 0.0193 e. The Hall–Kier alpha value is -0.340. The molecule has 1 rings (SSSR count). The van der Waals surface area contributed by atoms with Gasteiger partial charge >= 0.3 is 0 Å². The standard InChI is InChI=1S/C9H18N2/c1-8-3-5-11(6-4-8)9(2)7-10/h3,9H,4-7,10H2,1-2H3. The van der Waals surface area contributed by atoms with Crippen molar-refractivity contribution in [3.05, 3.63) is 11.6 Å². The van der Waals surface area contributed by atoms with E-state index < -0.39 is 0 Å². The van der Waals surface area contributed by atoms with E-state index >= 15 is 0 Å². The average Bonchev–Trinajstić information content (AvgIpc) is 2.05. The summed E-state index contributed by atoms with van der Waals surface area (Å²) < 4.78 is 0. The Labute approximate surface area is 69.1 Å². The van der Waals surface area contributed by atoms with Gasteiger partial charge < -0.3 is 5.73 Å². The Morgan fingerprint density at radius 1 is 1.73 bits per heavy atom. The third kappa shape index (κ3) is 2.31. The lowest BCUT2D eigenvalue weighted by Crippen LogP contribution is -2.40. The van der Waals surface area contributed by atoms with Gasteiger partial charge in [0.15, 0.2) is 0 Å². The molecule has 11 heavy (non-hydrogen) atoms. The lowest BCUT2D eigenvalue weighted by Gasteiger charge is -2.30. The molecule has 0 aromatic rings. The van der Waals surface area contributed by atoms with Gasteiger partial charge in [0.25, 0.3) is 0 Å². The molecular weight excluding hydrogens is 136 g/mol. The van der Waals surface area contributed by atoms with Crippen LogP contribution >= 0.6 is 0 Å². The van der Waals surface area contributed by atoms with Crippen molar-refractivity contribution < 1.29 is 0 Å². The molecule has 1 unspecified atom stereocenters. The summed E-state index contributed by atoms with van der Waals surface area (Å²) in [6, 6.07) is 0.541. The molecule has 64 valence electrons. The second-order valence-electron chi connectivity index (χ2n) is 3.38. The fraction of sp³-hybridized carbons (Fsp3) is 0.778. The highest BCUT2D eigenvalue weighted by Crippen LogP contribution is 2.11. The molecule has 2 N–H and O–H groups in total. The van der Waals surface area contributed by atoms with E-state index in [2.05, 4.69) is 24.8 Å². The minimum Gasteiger partial charge on any atom is -0.329 e. The summed E-state index contributed by atoms with van der Waals surface area (Å²) >= 11 is 0. The highest BCUT2D eigenvalue weighted by Gasteiger charge is 2.13. The molecule has 0 radical (unpaired) electrons. The van der Waals surface area contributed by atoms with Crippen molar-refractivity contribution in [3.63, 3.8) is 0 Å². The number of rotatable bonds is 2. The molecule has 2 heteroatoms. The first kappa shape index (κ1) is 8.75. The number of hydrogen-bond acceptors (Lipinski definition) is 2. The molecule has 0 saturated heterocycles. The molecule has 2 nitrogen and oxygen atoms in total. The van der Waals surface area contributed by atoms with Gasteiger partial charge in [-0.15, -0.1) is 0 Å². The van der Waals surface area contributed by atoms with Crippen molar-refractivity contribution in [1.82, 2.24) is 4.90 Å². The zero-order valence-electron chi connectivity index (χ0n) is 7.51. The number of nitrogens with zero attached hydrogens (tertiary/aromatic N) is 1. The third-order valence-electron chi connectivity index (χ3n) is 2.43. The lowest BCUT2D eigenvalue weighted by atomic mass is 10.1. The maximum absolute atomic E-state index is 5.58. The largest absolute Gasteiger partial charge is 0.329 e. The third-order valence-corrected chi connectivity index (χ3v) is 2.43. The molecule has 0 bridgehead atoms. The molecule has 0 saturated carbocycles. The van der Waals surface area contributed by atoms with E-state index in [0.717, 1.165) is 13.1 Å². The fourth-order valence-corrected chi connectivity index (χ4v) is 1.34. The molecule has 0 aromatic carbocycles. The van der Waals surface area contributed by atoms with E-state index in [1.54, 1.807) is 0 Å². The average molecular weight is 154 g/mol. The molecule has 0 fully saturated rings. The Balaban J connectivity index is 2.40. The van der Waals surface area contributed by atoms with Crippen molar-refractivity contribution in [2.24, 2.45) is 5.73 Å². The molecule has 0 aromatic heterocycles. The highest BCUT2D eigenvalue weighted by molar-refractivity contribution is 5.04. The maximum atomic E-state index is 5.58. The van der Waals surface area contributed by atoms with E-state index in [1.165, 1.54) is 18.5 Å². The second kappa shape index (κ2) is 3.88. The van der Waals surface area contributed by atoms with Crippen LogP contribution in [0.3, 0.4) is 0 Å². The van der Waals surface area contributed by atoms with Crippen LogP contribution in [0.2, 0.25) is 0 Å². The van der Waals surface area contributed by atoms with Crippen LogP contribution in [0.4, 0.5) is 0 Å². The lowest BCUT2D eigenvalue weighted by molar-refractivity contribution is 0.229. The van der Waals surface area contributed by atoms with Crippen molar-refractivity contribution in [1.29, 1.82) is 0 Å². The van der Waals surface area contributed by atoms with E-state index in [4.69, 9.17) is 5.73 Å². The second-order valence-corrected chi connectivity index (χ2v) is 3.38. The van der Waals surface area contributed by atoms with Crippen molar-refractivity contribution >= 4 is 0 Å². The van der Waals surface area contributed by atoms with Crippen LogP contribution in [0, 0.1) is 0 Å². The van der Waals surface area contributed by atoms with Gasteiger partial charge in [-0.05, 0) is 20.3 Å². The van der Waals surface area contributed by atoms with Gasteiger partial charge in [-0.1, -0.05) is 11.6 Å². The van der Waals surface area contributed by atoms with Crippen LogP contribution in [0.25, 0.3) is 0 Å². The first-order valence-corrected chi connectivity index (χ1v) is 4.33.